The van der Waals surface area contributed by atoms with Gasteiger partial charge in [-0.05, 0) is 12.2 Å². The van der Waals surface area contributed by atoms with Crippen molar-refractivity contribution in [3.63, 3.8) is 0 Å². The number of thiocarbonyl (C=S) groups is 1. The summed E-state index contributed by atoms with van der Waals surface area (Å²) in [6.07, 6.45) is 0. The van der Waals surface area contributed by atoms with E-state index in [0.29, 0.717) is 6.54 Å². The van der Waals surface area contributed by atoms with E-state index in [2.05, 4.69) is 15.1 Å². The number of carbonyl (C=O) groups is 1. The van der Waals surface area contributed by atoms with Gasteiger partial charge < -0.3 is 15.1 Å². The fourth-order valence-corrected chi connectivity index (χ4v) is 1.78. The Balaban J connectivity index is 2.32. The lowest BCUT2D eigenvalue weighted by atomic mass is 10.3. The summed E-state index contributed by atoms with van der Waals surface area (Å²) in [6, 6.07) is 0. The van der Waals surface area contributed by atoms with Crippen molar-refractivity contribution in [2.45, 2.75) is 0 Å². The normalized spacial score (nSPS) is 17.1. The van der Waals surface area contributed by atoms with Crippen molar-refractivity contribution in [3.05, 3.63) is 0 Å². The number of carbonyl (C=O) groups excluding carboxylic acids is 1. The number of hydrogen-bond donors (Lipinski definition) is 1. The lowest BCUT2D eigenvalue weighted by Gasteiger charge is -2.35. The molecule has 92 valence electrons. The Morgan fingerprint density at radius 2 is 1.88 bits per heavy atom. The highest BCUT2D eigenvalue weighted by Gasteiger charge is 2.20. The molecule has 0 radical (unpaired) electrons. The lowest BCUT2D eigenvalue weighted by Crippen LogP contribution is -2.52. The van der Waals surface area contributed by atoms with Gasteiger partial charge in [-0.2, -0.15) is 0 Å². The number of rotatable bonds is 2. The van der Waals surface area contributed by atoms with Crippen molar-refractivity contribution in [1.82, 2.24) is 20.0 Å². The number of piperazine rings is 1. The van der Waals surface area contributed by atoms with Crippen LogP contribution >= 0.6 is 12.2 Å². The molecular formula is C10H20N4OS. The maximum absolute atomic E-state index is 11.5. The van der Waals surface area contributed by atoms with E-state index in [9.17, 15) is 4.79 Å². The molecule has 1 rings (SSSR count). The van der Waals surface area contributed by atoms with E-state index in [1.165, 1.54) is 0 Å². The molecule has 1 saturated heterocycles. The second-order valence-corrected chi connectivity index (χ2v) is 4.49. The van der Waals surface area contributed by atoms with E-state index in [1.54, 1.807) is 19.0 Å². The minimum atomic E-state index is 0.157. The van der Waals surface area contributed by atoms with Gasteiger partial charge in [-0.25, -0.2) is 0 Å². The van der Waals surface area contributed by atoms with Gasteiger partial charge >= 0.3 is 0 Å². The second-order valence-electron chi connectivity index (χ2n) is 4.11. The molecule has 1 amide bonds. The van der Waals surface area contributed by atoms with Crippen LogP contribution in [0.25, 0.3) is 0 Å². The van der Waals surface area contributed by atoms with Crippen LogP contribution in [0.3, 0.4) is 0 Å². The van der Waals surface area contributed by atoms with Crippen LogP contribution in [0.1, 0.15) is 0 Å². The molecule has 0 aromatic rings. The first kappa shape index (κ1) is 13.2. The third-order valence-electron chi connectivity index (χ3n) is 2.73. The molecule has 1 heterocycles. The molecule has 6 heteroatoms. The molecule has 1 aliphatic rings. The molecular weight excluding hydrogens is 224 g/mol. The van der Waals surface area contributed by atoms with E-state index in [1.807, 2.05) is 7.05 Å². The molecule has 0 bridgehead atoms. The number of nitrogens with one attached hydrogen (secondary N) is 1. The summed E-state index contributed by atoms with van der Waals surface area (Å²) in [5.74, 6) is 0.157. The molecule has 0 atom stereocenters. The SMILES string of the molecule is CNC(=S)N1CCN(CC(=O)N(C)C)CC1. The maximum Gasteiger partial charge on any atom is 0.236 e. The predicted octanol–water partition coefficient (Wildman–Crippen LogP) is -0.803. The Morgan fingerprint density at radius 3 is 2.31 bits per heavy atom. The topological polar surface area (TPSA) is 38.8 Å². The van der Waals surface area contributed by atoms with Crippen LogP contribution in [0, 0.1) is 0 Å². The summed E-state index contributed by atoms with van der Waals surface area (Å²) in [5, 5.41) is 3.76. The van der Waals surface area contributed by atoms with Gasteiger partial charge in [0.25, 0.3) is 0 Å². The molecule has 0 unspecified atom stereocenters. The third kappa shape index (κ3) is 3.61. The zero-order chi connectivity index (χ0) is 12.1. The molecule has 16 heavy (non-hydrogen) atoms. The maximum atomic E-state index is 11.5. The average molecular weight is 244 g/mol. The Bertz CT molecular complexity index is 262. The zero-order valence-electron chi connectivity index (χ0n) is 10.2. The fourth-order valence-electron chi connectivity index (χ4n) is 1.60. The van der Waals surface area contributed by atoms with Gasteiger partial charge in [-0.15, -0.1) is 0 Å². The molecule has 0 aliphatic carbocycles. The first-order chi connectivity index (χ1) is 7.54. The summed E-state index contributed by atoms with van der Waals surface area (Å²) in [4.78, 5) is 17.4. The van der Waals surface area contributed by atoms with Crippen molar-refractivity contribution >= 4 is 23.2 Å². The van der Waals surface area contributed by atoms with Crippen molar-refractivity contribution in [1.29, 1.82) is 0 Å². The lowest BCUT2D eigenvalue weighted by molar-refractivity contribution is -0.130. The van der Waals surface area contributed by atoms with Crippen LogP contribution in [-0.4, -0.2) is 79.6 Å². The minimum absolute atomic E-state index is 0.157. The first-order valence-corrected chi connectivity index (χ1v) is 5.84. The molecule has 5 nitrogen and oxygen atoms in total. The standard InChI is InChI=1S/C10H20N4OS/c1-11-10(16)14-6-4-13(5-7-14)8-9(15)12(2)3/h4-8H2,1-3H3,(H,11,16). The van der Waals surface area contributed by atoms with E-state index in [4.69, 9.17) is 12.2 Å². The third-order valence-corrected chi connectivity index (χ3v) is 3.19. The van der Waals surface area contributed by atoms with Crippen molar-refractivity contribution in [2.75, 3.05) is 53.9 Å². The van der Waals surface area contributed by atoms with E-state index in [-0.39, 0.29) is 5.91 Å². The second kappa shape index (κ2) is 6.00. The van der Waals surface area contributed by atoms with Gasteiger partial charge in [0.15, 0.2) is 5.11 Å². The van der Waals surface area contributed by atoms with Gasteiger partial charge in [0, 0.05) is 47.3 Å². The van der Waals surface area contributed by atoms with E-state index >= 15 is 0 Å². The van der Waals surface area contributed by atoms with Crippen LogP contribution in [0.15, 0.2) is 0 Å². The summed E-state index contributed by atoms with van der Waals surface area (Å²) in [6.45, 7) is 4.07. The largest absolute Gasteiger partial charge is 0.366 e. The Kier molecular flexibility index (Phi) is 4.95. The van der Waals surface area contributed by atoms with Crippen LogP contribution in [-0.2, 0) is 4.79 Å². The summed E-state index contributed by atoms with van der Waals surface area (Å²) >= 11 is 5.16. The average Bonchev–Trinajstić information content (AvgIpc) is 2.28. The molecule has 1 aliphatic heterocycles. The monoisotopic (exact) mass is 244 g/mol. The highest BCUT2D eigenvalue weighted by Crippen LogP contribution is 2.02. The number of likely N-dealkylation sites (N-methyl/N-ethyl adjacent to an activating group) is 1. The quantitative estimate of drug-likeness (QED) is 0.644. The summed E-state index contributed by atoms with van der Waals surface area (Å²) < 4.78 is 0. The van der Waals surface area contributed by atoms with Gasteiger partial charge in [-0.1, -0.05) is 0 Å². The minimum Gasteiger partial charge on any atom is -0.366 e. The summed E-state index contributed by atoms with van der Waals surface area (Å²) in [7, 11) is 5.41. The summed E-state index contributed by atoms with van der Waals surface area (Å²) in [5.41, 5.74) is 0. The van der Waals surface area contributed by atoms with Crippen LogP contribution in [0.5, 0.6) is 0 Å². The number of hydrogen-bond acceptors (Lipinski definition) is 3. The fraction of sp³-hybridized carbons (Fsp3) is 0.800. The van der Waals surface area contributed by atoms with E-state index < -0.39 is 0 Å². The molecule has 0 saturated carbocycles. The Hall–Kier alpha value is -0.880. The Morgan fingerprint density at radius 1 is 1.31 bits per heavy atom. The molecule has 0 spiro atoms. The van der Waals surface area contributed by atoms with Crippen molar-refractivity contribution in [3.8, 4) is 0 Å². The molecule has 0 aromatic heterocycles. The van der Waals surface area contributed by atoms with Crippen LogP contribution in [0.4, 0.5) is 0 Å². The predicted molar refractivity (Wildman–Crippen MR) is 68.4 cm³/mol. The molecule has 1 fully saturated rings. The molecule has 1 N–H and O–H groups in total. The van der Waals surface area contributed by atoms with Gasteiger partial charge in [-0.3, -0.25) is 9.69 Å². The highest BCUT2D eigenvalue weighted by atomic mass is 32.1. The van der Waals surface area contributed by atoms with Gasteiger partial charge in [0.2, 0.25) is 5.91 Å². The smallest absolute Gasteiger partial charge is 0.236 e. The first-order valence-electron chi connectivity index (χ1n) is 5.43. The zero-order valence-corrected chi connectivity index (χ0v) is 11.0. The van der Waals surface area contributed by atoms with Gasteiger partial charge in [0.05, 0.1) is 6.54 Å². The van der Waals surface area contributed by atoms with E-state index in [0.717, 1.165) is 31.3 Å². The van der Waals surface area contributed by atoms with Crippen molar-refractivity contribution in [2.24, 2.45) is 0 Å². The Labute approximate surface area is 102 Å². The van der Waals surface area contributed by atoms with Crippen molar-refractivity contribution < 1.29 is 4.79 Å². The van der Waals surface area contributed by atoms with Crippen LogP contribution < -0.4 is 5.32 Å². The van der Waals surface area contributed by atoms with Gasteiger partial charge in [0.1, 0.15) is 0 Å². The molecule has 0 aromatic carbocycles. The number of nitrogens with zero attached hydrogens (tertiary/aromatic N) is 3. The van der Waals surface area contributed by atoms with Crippen LogP contribution in [0.2, 0.25) is 0 Å². The number of amides is 1. The highest BCUT2D eigenvalue weighted by molar-refractivity contribution is 7.80.